The van der Waals surface area contributed by atoms with Crippen LogP contribution in [0.3, 0.4) is 0 Å². The quantitative estimate of drug-likeness (QED) is 0.310. The Morgan fingerprint density at radius 1 is 1.16 bits per heavy atom. The van der Waals surface area contributed by atoms with Gasteiger partial charge in [-0.2, -0.15) is 0 Å². The summed E-state index contributed by atoms with van der Waals surface area (Å²) in [6, 6.07) is 6.79. The molecule has 190 valence electrons. The maximum atomic E-state index is 13.7. The number of anilines is 1. The van der Waals surface area contributed by atoms with Gasteiger partial charge in [0.05, 0.1) is 23.6 Å². The van der Waals surface area contributed by atoms with Crippen LogP contribution in [-0.2, 0) is 17.6 Å². The number of nitrogens with one attached hydrogen (secondary N) is 2. The Balaban J connectivity index is 1.52. The zero-order valence-electron chi connectivity index (χ0n) is 20.5. The van der Waals surface area contributed by atoms with Gasteiger partial charge in [-0.1, -0.05) is 18.9 Å². The maximum absolute atomic E-state index is 13.7. The Morgan fingerprint density at radius 2 is 1.95 bits per heavy atom. The summed E-state index contributed by atoms with van der Waals surface area (Å²) in [4.78, 5) is 45.6. The molecule has 9 nitrogen and oxygen atoms in total. The second-order valence-electron chi connectivity index (χ2n) is 9.66. The number of thiophene rings is 1. The number of ether oxygens (including phenoxy) is 1. The Kier molecular flexibility index (Phi) is 5.91. The Morgan fingerprint density at radius 3 is 2.73 bits per heavy atom. The average Bonchev–Trinajstić information content (AvgIpc) is 3.56. The number of nitrogens with zero attached hydrogens (tertiary/aromatic N) is 3. The third kappa shape index (κ3) is 3.87. The lowest BCUT2D eigenvalue weighted by atomic mass is 9.95. The van der Waals surface area contributed by atoms with Crippen LogP contribution in [0.25, 0.3) is 16.7 Å². The van der Waals surface area contributed by atoms with Crippen LogP contribution in [0.4, 0.5) is 5.00 Å². The van der Waals surface area contributed by atoms with E-state index in [0.29, 0.717) is 21.9 Å². The number of rotatable bonds is 4. The fourth-order valence-corrected chi connectivity index (χ4v) is 6.96. The highest BCUT2D eigenvalue weighted by Crippen LogP contribution is 2.39. The van der Waals surface area contributed by atoms with E-state index in [1.807, 2.05) is 6.07 Å². The third-order valence-electron chi connectivity index (χ3n) is 7.48. The maximum Gasteiger partial charge on any atom is 0.341 e. The van der Waals surface area contributed by atoms with Crippen molar-refractivity contribution >= 4 is 44.9 Å². The Bertz CT molecular complexity index is 1690. The first-order chi connectivity index (χ1) is 18.0. The highest BCUT2D eigenvalue weighted by atomic mass is 32.1. The number of aromatic nitrogens is 3. The van der Waals surface area contributed by atoms with Crippen LogP contribution in [0, 0.1) is 5.41 Å². The summed E-state index contributed by atoms with van der Waals surface area (Å²) in [6.07, 6.45) is 9.05. The lowest BCUT2D eigenvalue weighted by Gasteiger charge is -2.19. The number of hydrogen-bond acceptors (Lipinski definition) is 7. The molecule has 6 rings (SSSR count). The van der Waals surface area contributed by atoms with E-state index in [-0.39, 0.29) is 28.0 Å². The number of hydrogen-bond donors (Lipinski definition) is 2. The van der Waals surface area contributed by atoms with E-state index in [1.165, 1.54) is 28.9 Å². The van der Waals surface area contributed by atoms with Gasteiger partial charge >= 0.3 is 5.97 Å². The number of fused-ring (bicyclic) bond motifs is 3. The summed E-state index contributed by atoms with van der Waals surface area (Å²) >= 11 is 1.39. The minimum absolute atomic E-state index is 0.0134. The third-order valence-corrected chi connectivity index (χ3v) is 8.69. The molecule has 4 heterocycles. The van der Waals surface area contributed by atoms with Crippen LogP contribution in [0.5, 0.6) is 0 Å². The van der Waals surface area contributed by atoms with Gasteiger partial charge in [0.2, 0.25) is 0 Å². The number of aryl methyl sites for hydroxylation is 1. The molecule has 1 saturated carbocycles. The summed E-state index contributed by atoms with van der Waals surface area (Å²) < 4.78 is 8.25. The van der Waals surface area contributed by atoms with Gasteiger partial charge < -0.3 is 14.6 Å². The van der Waals surface area contributed by atoms with Crippen molar-refractivity contribution in [1.29, 1.82) is 5.41 Å². The van der Waals surface area contributed by atoms with Crippen LogP contribution in [0.15, 0.2) is 35.3 Å². The van der Waals surface area contributed by atoms with E-state index in [4.69, 9.17) is 15.1 Å². The monoisotopic (exact) mass is 517 g/mol. The molecule has 0 unspecified atom stereocenters. The topological polar surface area (TPSA) is 119 Å². The fourth-order valence-electron chi connectivity index (χ4n) is 5.68. The molecular formula is C27H27N5O4S. The highest BCUT2D eigenvalue weighted by Gasteiger charge is 2.29. The van der Waals surface area contributed by atoms with Crippen LogP contribution >= 0.6 is 11.3 Å². The van der Waals surface area contributed by atoms with Crippen molar-refractivity contribution in [2.45, 2.75) is 57.4 Å². The molecular weight excluding hydrogens is 490 g/mol. The van der Waals surface area contributed by atoms with Gasteiger partial charge in [0.1, 0.15) is 21.8 Å². The molecule has 0 saturated heterocycles. The standard InChI is InChI=1S/C27H27N5O4S/c1-36-27(35)21-16-10-4-5-11-19(16)37-25(21)30-24(33)17-14-18-23(32(22(17)28)15-8-2-3-9-15)29-20-12-6-7-13-31(20)26(18)34/h6-7,12-15,28H,2-5,8-11H2,1H3,(H,30,33). The van der Waals surface area contributed by atoms with Crippen molar-refractivity contribution in [2.24, 2.45) is 0 Å². The van der Waals surface area contributed by atoms with E-state index in [1.54, 1.807) is 22.9 Å². The molecule has 4 aromatic heterocycles. The first kappa shape index (κ1) is 23.6. The number of methoxy groups -OCH3 is 1. The first-order valence-corrected chi connectivity index (χ1v) is 13.4. The van der Waals surface area contributed by atoms with Crippen molar-refractivity contribution in [1.82, 2.24) is 14.0 Å². The van der Waals surface area contributed by atoms with E-state index < -0.39 is 11.9 Å². The van der Waals surface area contributed by atoms with Crippen molar-refractivity contribution in [3.63, 3.8) is 0 Å². The molecule has 37 heavy (non-hydrogen) atoms. The van der Waals surface area contributed by atoms with Gasteiger partial charge in [-0.05, 0) is 62.3 Å². The Hall–Kier alpha value is -3.79. The number of carbonyl (C=O) groups is 2. The lowest BCUT2D eigenvalue weighted by Crippen LogP contribution is -2.33. The zero-order chi connectivity index (χ0) is 25.7. The van der Waals surface area contributed by atoms with E-state index in [2.05, 4.69) is 5.32 Å². The summed E-state index contributed by atoms with van der Waals surface area (Å²) in [5.74, 6) is -1.01. The molecule has 0 aliphatic heterocycles. The minimum Gasteiger partial charge on any atom is -0.465 e. The largest absolute Gasteiger partial charge is 0.465 e. The molecule has 1 fully saturated rings. The van der Waals surface area contributed by atoms with Crippen LogP contribution in [0.2, 0.25) is 0 Å². The van der Waals surface area contributed by atoms with Crippen molar-refractivity contribution in [3.8, 4) is 0 Å². The number of carbonyl (C=O) groups excluding carboxylic acids is 2. The number of esters is 1. The van der Waals surface area contributed by atoms with Crippen LogP contribution in [0.1, 0.15) is 75.7 Å². The molecule has 2 aliphatic carbocycles. The molecule has 4 aromatic rings. The van der Waals surface area contributed by atoms with E-state index >= 15 is 0 Å². The van der Waals surface area contributed by atoms with Crippen LogP contribution < -0.4 is 16.4 Å². The van der Waals surface area contributed by atoms with Crippen molar-refractivity contribution < 1.29 is 14.3 Å². The predicted octanol–water partition coefficient (Wildman–Crippen LogP) is 4.22. The van der Waals surface area contributed by atoms with Gasteiger partial charge in [-0.25, -0.2) is 9.78 Å². The number of amides is 1. The molecule has 0 radical (unpaired) electrons. The minimum atomic E-state index is -0.528. The molecule has 0 spiro atoms. The summed E-state index contributed by atoms with van der Waals surface area (Å²) in [5.41, 5.74) is 2.07. The molecule has 1 amide bonds. The second-order valence-corrected chi connectivity index (χ2v) is 10.8. The molecule has 0 aromatic carbocycles. The molecule has 2 N–H and O–H groups in total. The fraction of sp³-hybridized carbons (Fsp3) is 0.370. The van der Waals surface area contributed by atoms with Crippen LogP contribution in [-0.4, -0.2) is 32.9 Å². The summed E-state index contributed by atoms with van der Waals surface area (Å²) in [6.45, 7) is 0. The van der Waals surface area contributed by atoms with Gasteiger partial charge in [0.15, 0.2) is 0 Å². The van der Waals surface area contributed by atoms with Gasteiger partial charge in [-0.3, -0.25) is 19.4 Å². The SMILES string of the molecule is COC(=O)c1c(NC(=O)c2cc3c(=O)n4ccccc4nc3n(C3CCCC3)c2=N)sc2c1CCCC2. The highest BCUT2D eigenvalue weighted by molar-refractivity contribution is 7.17. The molecule has 2 aliphatic rings. The van der Waals surface area contributed by atoms with Crippen molar-refractivity contribution in [2.75, 3.05) is 12.4 Å². The lowest BCUT2D eigenvalue weighted by molar-refractivity contribution is 0.0601. The van der Waals surface area contributed by atoms with Gasteiger partial charge in [0, 0.05) is 17.1 Å². The summed E-state index contributed by atoms with van der Waals surface area (Å²) in [7, 11) is 1.33. The molecule has 10 heteroatoms. The smallest absolute Gasteiger partial charge is 0.341 e. The van der Waals surface area contributed by atoms with E-state index in [9.17, 15) is 14.4 Å². The van der Waals surface area contributed by atoms with Crippen molar-refractivity contribution in [3.05, 3.63) is 67.9 Å². The Labute approximate surface area is 216 Å². The zero-order valence-corrected chi connectivity index (χ0v) is 21.3. The second kappa shape index (κ2) is 9.26. The van der Waals surface area contributed by atoms with Gasteiger partial charge in [-0.15, -0.1) is 11.3 Å². The normalized spacial score (nSPS) is 15.7. The molecule has 0 bridgehead atoms. The molecule has 0 atom stereocenters. The summed E-state index contributed by atoms with van der Waals surface area (Å²) in [5, 5.41) is 12.7. The predicted molar refractivity (Wildman–Crippen MR) is 141 cm³/mol. The first-order valence-electron chi connectivity index (χ1n) is 12.6. The van der Waals surface area contributed by atoms with Gasteiger partial charge in [0.25, 0.3) is 11.5 Å². The van der Waals surface area contributed by atoms with E-state index in [0.717, 1.165) is 61.8 Å². The average molecular weight is 518 g/mol. The number of pyridine rings is 2.